The van der Waals surface area contributed by atoms with Crippen molar-refractivity contribution in [2.75, 3.05) is 19.5 Å². The van der Waals surface area contributed by atoms with Crippen LogP contribution in [0, 0.1) is 0 Å². The van der Waals surface area contributed by atoms with Gasteiger partial charge in [-0.3, -0.25) is 4.79 Å². The van der Waals surface area contributed by atoms with Crippen molar-refractivity contribution in [1.82, 2.24) is 0 Å². The Morgan fingerprint density at radius 3 is 2.64 bits per heavy atom. The lowest BCUT2D eigenvalue weighted by atomic mass is 10.1. The van der Waals surface area contributed by atoms with Gasteiger partial charge in [0.15, 0.2) is 0 Å². The Morgan fingerprint density at radius 2 is 1.91 bits per heavy atom. The van der Waals surface area contributed by atoms with E-state index in [1.54, 1.807) is 50.6 Å². The number of carbonyl (C=O) groups excluding carboxylic acids is 1. The van der Waals surface area contributed by atoms with Crippen molar-refractivity contribution in [3.63, 3.8) is 0 Å². The van der Waals surface area contributed by atoms with Crippen molar-refractivity contribution < 1.29 is 14.3 Å². The van der Waals surface area contributed by atoms with Crippen LogP contribution >= 0.6 is 11.6 Å². The molecular formula is C16H13ClN2O3. The minimum atomic E-state index is -0.276. The van der Waals surface area contributed by atoms with E-state index < -0.39 is 0 Å². The van der Waals surface area contributed by atoms with Crippen molar-refractivity contribution in [2.24, 2.45) is 4.99 Å². The summed E-state index contributed by atoms with van der Waals surface area (Å²) in [5.41, 5.74) is 2.17. The molecule has 2 aromatic carbocycles. The molecule has 3 rings (SSSR count). The third kappa shape index (κ3) is 2.51. The number of halogens is 1. The van der Waals surface area contributed by atoms with Crippen LogP contribution in [0.25, 0.3) is 0 Å². The SMILES string of the molecule is COc1ccc(OC)c(N=C2C(=O)Nc3ccc(Cl)cc32)c1. The zero-order valence-corrected chi connectivity index (χ0v) is 12.8. The molecule has 1 N–H and O–H groups in total. The summed E-state index contributed by atoms with van der Waals surface area (Å²) in [7, 11) is 3.11. The van der Waals surface area contributed by atoms with Crippen LogP contribution in [-0.4, -0.2) is 25.8 Å². The van der Waals surface area contributed by atoms with Crippen LogP contribution in [0.3, 0.4) is 0 Å². The molecule has 1 aliphatic heterocycles. The summed E-state index contributed by atoms with van der Waals surface area (Å²) in [5.74, 6) is 0.906. The predicted octanol–water partition coefficient (Wildman–Crippen LogP) is 3.43. The van der Waals surface area contributed by atoms with Gasteiger partial charge in [0, 0.05) is 16.7 Å². The fourth-order valence-corrected chi connectivity index (χ4v) is 2.41. The number of ether oxygens (including phenoxy) is 2. The molecule has 0 bridgehead atoms. The van der Waals surface area contributed by atoms with E-state index in [0.717, 1.165) is 0 Å². The molecule has 0 spiro atoms. The molecule has 1 aliphatic rings. The van der Waals surface area contributed by atoms with Gasteiger partial charge in [0.05, 0.1) is 19.9 Å². The van der Waals surface area contributed by atoms with E-state index in [4.69, 9.17) is 21.1 Å². The Balaban J connectivity index is 2.13. The van der Waals surface area contributed by atoms with Gasteiger partial charge in [-0.1, -0.05) is 11.6 Å². The first-order valence-corrected chi connectivity index (χ1v) is 6.92. The number of nitrogens with zero attached hydrogens (tertiary/aromatic N) is 1. The molecule has 22 heavy (non-hydrogen) atoms. The summed E-state index contributed by atoms with van der Waals surface area (Å²) in [6.45, 7) is 0. The molecule has 1 amide bonds. The normalized spacial score (nSPS) is 14.7. The minimum Gasteiger partial charge on any atom is -0.497 e. The minimum absolute atomic E-state index is 0.276. The largest absolute Gasteiger partial charge is 0.497 e. The van der Waals surface area contributed by atoms with Crippen molar-refractivity contribution in [3.05, 3.63) is 47.0 Å². The number of rotatable bonds is 3. The topological polar surface area (TPSA) is 59.9 Å². The van der Waals surface area contributed by atoms with Crippen LogP contribution < -0.4 is 14.8 Å². The zero-order valence-electron chi connectivity index (χ0n) is 12.0. The van der Waals surface area contributed by atoms with Crippen LogP contribution in [0.1, 0.15) is 5.56 Å². The molecule has 0 saturated carbocycles. The predicted molar refractivity (Wildman–Crippen MR) is 85.8 cm³/mol. The maximum absolute atomic E-state index is 12.1. The van der Waals surface area contributed by atoms with Gasteiger partial charge in [-0.25, -0.2) is 4.99 Å². The number of amides is 1. The maximum Gasteiger partial charge on any atom is 0.275 e. The van der Waals surface area contributed by atoms with E-state index in [1.165, 1.54) is 0 Å². The van der Waals surface area contributed by atoms with Crippen molar-refractivity contribution in [1.29, 1.82) is 0 Å². The van der Waals surface area contributed by atoms with Gasteiger partial charge in [0.2, 0.25) is 0 Å². The fourth-order valence-electron chi connectivity index (χ4n) is 2.24. The molecule has 2 aromatic rings. The lowest BCUT2D eigenvalue weighted by Crippen LogP contribution is -2.14. The average molecular weight is 317 g/mol. The van der Waals surface area contributed by atoms with Gasteiger partial charge < -0.3 is 14.8 Å². The van der Waals surface area contributed by atoms with E-state index in [1.807, 2.05) is 0 Å². The third-order valence-electron chi connectivity index (χ3n) is 3.32. The zero-order chi connectivity index (χ0) is 15.7. The number of hydrogen-bond acceptors (Lipinski definition) is 4. The second kappa shape index (κ2) is 5.69. The Morgan fingerprint density at radius 1 is 1.09 bits per heavy atom. The van der Waals surface area contributed by atoms with E-state index in [0.29, 0.717) is 39.2 Å². The summed E-state index contributed by atoms with van der Waals surface area (Å²) in [6, 6.07) is 10.4. The number of benzene rings is 2. The van der Waals surface area contributed by atoms with Crippen LogP contribution in [0.15, 0.2) is 41.4 Å². The number of methoxy groups -OCH3 is 2. The number of aliphatic imine (C=N–C) groups is 1. The second-order valence-corrected chi connectivity index (χ2v) is 5.08. The second-order valence-electron chi connectivity index (χ2n) is 4.64. The number of anilines is 1. The van der Waals surface area contributed by atoms with E-state index in [2.05, 4.69) is 10.3 Å². The molecule has 0 atom stereocenters. The molecule has 0 radical (unpaired) electrons. The third-order valence-corrected chi connectivity index (χ3v) is 3.55. The van der Waals surface area contributed by atoms with Crippen molar-refractivity contribution in [3.8, 4) is 11.5 Å². The highest BCUT2D eigenvalue weighted by atomic mass is 35.5. The highest BCUT2D eigenvalue weighted by Crippen LogP contribution is 2.34. The first-order chi connectivity index (χ1) is 10.6. The maximum atomic E-state index is 12.1. The van der Waals surface area contributed by atoms with Gasteiger partial charge in [-0.2, -0.15) is 0 Å². The highest BCUT2D eigenvalue weighted by molar-refractivity contribution is 6.54. The van der Waals surface area contributed by atoms with Crippen LogP contribution in [0.5, 0.6) is 11.5 Å². The molecule has 1 heterocycles. The first kappa shape index (κ1) is 14.4. The fraction of sp³-hybridized carbons (Fsp3) is 0.125. The van der Waals surface area contributed by atoms with Crippen LogP contribution in [0.2, 0.25) is 5.02 Å². The monoisotopic (exact) mass is 316 g/mol. The summed E-state index contributed by atoms with van der Waals surface area (Å²) in [4.78, 5) is 16.6. The Hall–Kier alpha value is -2.53. The lowest BCUT2D eigenvalue weighted by Gasteiger charge is -2.07. The van der Waals surface area contributed by atoms with E-state index >= 15 is 0 Å². The molecule has 112 valence electrons. The molecule has 5 nitrogen and oxygen atoms in total. The molecule has 0 saturated heterocycles. The van der Waals surface area contributed by atoms with E-state index in [9.17, 15) is 4.79 Å². The molecule has 0 aromatic heterocycles. The smallest absolute Gasteiger partial charge is 0.275 e. The van der Waals surface area contributed by atoms with Gasteiger partial charge in [-0.15, -0.1) is 0 Å². The summed E-state index contributed by atoms with van der Waals surface area (Å²) in [6.07, 6.45) is 0. The molecule has 6 heteroatoms. The summed E-state index contributed by atoms with van der Waals surface area (Å²) >= 11 is 6.01. The van der Waals surface area contributed by atoms with Crippen LogP contribution in [0.4, 0.5) is 11.4 Å². The number of nitrogens with one attached hydrogen (secondary N) is 1. The summed E-state index contributed by atoms with van der Waals surface area (Å²) < 4.78 is 10.5. The lowest BCUT2D eigenvalue weighted by molar-refractivity contribution is -0.110. The highest BCUT2D eigenvalue weighted by Gasteiger charge is 2.26. The van der Waals surface area contributed by atoms with E-state index in [-0.39, 0.29) is 5.91 Å². The number of carbonyl (C=O) groups is 1. The molecule has 0 aliphatic carbocycles. The molecule has 0 unspecified atom stereocenters. The van der Waals surface area contributed by atoms with Gasteiger partial charge in [0.1, 0.15) is 22.9 Å². The number of fused-ring (bicyclic) bond motifs is 1. The Labute approximate surface area is 132 Å². The standard InChI is InChI=1S/C16H13ClN2O3/c1-21-10-4-6-14(22-2)13(8-10)18-15-11-7-9(17)3-5-12(11)19-16(15)20/h3-8H,1-2H3,(H,18,19,20). The Bertz CT molecular complexity index is 787. The van der Waals surface area contributed by atoms with Crippen molar-refractivity contribution in [2.45, 2.75) is 0 Å². The van der Waals surface area contributed by atoms with Gasteiger partial charge >= 0.3 is 0 Å². The number of hydrogen-bond donors (Lipinski definition) is 1. The molecular weight excluding hydrogens is 304 g/mol. The van der Waals surface area contributed by atoms with Crippen molar-refractivity contribution >= 4 is 34.6 Å². The first-order valence-electron chi connectivity index (χ1n) is 6.54. The average Bonchev–Trinajstić information content (AvgIpc) is 2.83. The molecule has 0 fully saturated rings. The van der Waals surface area contributed by atoms with Crippen LogP contribution in [-0.2, 0) is 4.79 Å². The summed E-state index contributed by atoms with van der Waals surface area (Å²) in [5, 5.41) is 3.30. The van der Waals surface area contributed by atoms with Gasteiger partial charge in [0.25, 0.3) is 5.91 Å². The Kier molecular flexibility index (Phi) is 3.73. The van der Waals surface area contributed by atoms with Gasteiger partial charge in [-0.05, 0) is 30.3 Å². The quantitative estimate of drug-likeness (QED) is 0.943.